The van der Waals surface area contributed by atoms with E-state index in [9.17, 15) is 13.2 Å². The van der Waals surface area contributed by atoms with Crippen LogP contribution in [0.15, 0.2) is 41.3 Å². The molecule has 1 fully saturated rings. The van der Waals surface area contributed by atoms with E-state index in [1.54, 1.807) is 18.2 Å². The normalized spacial score (nSPS) is 16.9. The van der Waals surface area contributed by atoms with E-state index in [1.807, 2.05) is 6.92 Å². The van der Waals surface area contributed by atoms with E-state index >= 15 is 0 Å². The number of amides is 1. The largest absolute Gasteiger partial charge is 0.377 e. The van der Waals surface area contributed by atoms with Crippen LogP contribution in [0, 0.1) is 6.92 Å². The first kappa shape index (κ1) is 21.1. The van der Waals surface area contributed by atoms with Crippen LogP contribution in [0.3, 0.4) is 0 Å². The molecule has 2 N–H and O–H groups in total. The Labute approximate surface area is 174 Å². The molecule has 0 aromatic heterocycles. The molecule has 1 unspecified atom stereocenters. The van der Waals surface area contributed by atoms with E-state index < -0.39 is 15.9 Å². The number of halogens is 2. The lowest BCUT2D eigenvalue weighted by Crippen LogP contribution is -2.32. The molecule has 1 atom stereocenters. The van der Waals surface area contributed by atoms with Crippen LogP contribution in [0.4, 0.5) is 5.69 Å². The molecule has 1 aliphatic heterocycles. The fourth-order valence-corrected chi connectivity index (χ4v) is 4.58. The number of aryl methyl sites for hydroxylation is 1. The van der Waals surface area contributed by atoms with Crippen molar-refractivity contribution in [2.24, 2.45) is 0 Å². The van der Waals surface area contributed by atoms with Gasteiger partial charge in [-0.1, -0.05) is 29.3 Å². The lowest BCUT2D eigenvalue weighted by molar-refractivity contribution is 0.102. The summed E-state index contributed by atoms with van der Waals surface area (Å²) in [5.74, 6) is -0.466. The standard InChI is InChI=1S/C19H20Cl2N2O4S/c1-12-4-6-14(10-17(12)21)23-19(24)13-5-7-16(20)18(9-13)28(25,26)22-11-15-3-2-8-27-15/h4-7,9-10,15,22H,2-3,8,11H2,1H3,(H,23,24). The van der Waals surface area contributed by atoms with Gasteiger partial charge in [0.25, 0.3) is 5.91 Å². The summed E-state index contributed by atoms with van der Waals surface area (Å²) in [4.78, 5) is 12.4. The number of hydrogen-bond acceptors (Lipinski definition) is 4. The Balaban J connectivity index is 1.77. The molecule has 2 aromatic carbocycles. The third kappa shape index (κ3) is 5.04. The number of rotatable bonds is 6. The van der Waals surface area contributed by atoms with Crippen molar-refractivity contribution in [2.75, 3.05) is 18.5 Å². The maximum Gasteiger partial charge on any atom is 0.255 e. The molecule has 1 aliphatic rings. The predicted molar refractivity (Wildman–Crippen MR) is 110 cm³/mol. The van der Waals surface area contributed by atoms with Crippen molar-refractivity contribution in [1.29, 1.82) is 0 Å². The van der Waals surface area contributed by atoms with Crippen molar-refractivity contribution in [3.05, 3.63) is 57.6 Å². The molecule has 0 bridgehead atoms. The number of benzene rings is 2. The zero-order chi connectivity index (χ0) is 20.3. The van der Waals surface area contributed by atoms with Gasteiger partial charge in [-0.3, -0.25) is 4.79 Å². The van der Waals surface area contributed by atoms with Crippen molar-refractivity contribution in [3.8, 4) is 0 Å². The number of carbonyl (C=O) groups excluding carboxylic acids is 1. The lowest BCUT2D eigenvalue weighted by Gasteiger charge is -2.13. The van der Waals surface area contributed by atoms with Crippen LogP contribution in [0.25, 0.3) is 0 Å². The van der Waals surface area contributed by atoms with Crippen LogP contribution in [0.2, 0.25) is 10.0 Å². The Hall–Kier alpha value is -1.64. The van der Waals surface area contributed by atoms with Gasteiger partial charge >= 0.3 is 0 Å². The average Bonchev–Trinajstić information content (AvgIpc) is 3.17. The van der Waals surface area contributed by atoms with Gasteiger partial charge in [0.05, 0.1) is 11.1 Å². The fourth-order valence-electron chi connectivity index (χ4n) is 2.81. The molecule has 6 nitrogen and oxygen atoms in total. The van der Waals surface area contributed by atoms with Gasteiger partial charge in [0.2, 0.25) is 10.0 Å². The van der Waals surface area contributed by atoms with Crippen molar-refractivity contribution < 1.29 is 17.9 Å². The van der Waals surface area contributed by atoms with Gasteiger partial charge in [-0.25, -0.2) is 13.1 Å². The van der Waals surface area contributed by atoms with E-state index in [4.69, 9.17) is 27.9 Å². The van der Waals surface area contributed by atoms with Crippen molar-refractivity contribution >= 4 is 44.8 Å². The molecule has 9 heteroatoms. The van der Waals surface area contributed by atoms with Gasteiger partial charge in [0.15, 0.2) is 0 Å². The van der Waals surface area contributed by atoms with Gasteiger partial charge in [-0.05, 0) is 55.7 Å². The Morgan fingerprint density at radius 3 is 2.64 bits per heavy atom. The monoisotopic (exact) mass is 442 g/mol. The highest BCUT2D eigenvalue weighted by Gasteiger charge is 2.23. The topological polar surface area (TPSA) is 84.5 Å². The second-order valence-electron chi connectivity index (χ2n) is 6.55. The van der Waals surface area contributed by atoms with Gasteiger partial charge in [0.1, 0.15) is 4.90 Å². The Kier molecular flexibility index (Phi) is 6.62. The quantitative estimate of drug-likeness (QED) is 0.707. The summed E-state index contributed by atoms with van der Waals surface area (Å²) >= 11 is 12.2. The summed E-state index contributed by atoms with van der Waals surface area (Å²) in [5, 5.41) is 3.26. The molecule has 2 aromatic rings. The number of nitrogens with one attached hydrogen (secondary N) is 2. The van der Waals surface area contributed by atoms with Gasteiger partial charge in [-0.15, -0.1) is 0 Å². The Morgan fingerprint density at radius 2 is 1.96 bits per heavy atom. The zero-order valence-electron chi connectivity index (χ0n) is 15.2. The first-order valence-corrected chi connectivity index (χ1v) is 11.0. The molecule has 1 amide bonds. The zero-order valence-corrected chi connectivity index (χ0v) is 17.5. The maximum atomic E-state index is 12.6. The molecule has 0 saturated carbocycles. The Bertz CT molecular complexity index is 989. The molecule has 3 rings (SSSR count). The van der Waals surface area contributed by atoms with Gasteiger partial charge in [-0.2, -0.15) is 0 Å². The minimum absolute atomic E-state index is 0.0368. The molecule has 0 aliphatic carbocycles. The third-order valence-electron chi connectivity index (χ3n) is 4.44. The minimum Gasteiger partial charge on any atom is -0.377 e. The van der Waals surface area contributed by atoms with Crippen molar-refractivity contribution in [3.63, 3.8) is 0 Å². The van der Waals surface area contributed by atoms with Crippen LogP contribution in [0.5, 0.6) is 0 Å². The summed E-state index contributed by atoms with van der Waals surface area (Å²) < 4.78 is 33.2. The predicted octanol–water partition coefficient (Wildman–Crippen LogP) is 4.01. The van der Waals surface area contributed by atoms with E-state index in [1.165, 1.54) is 18.2 Å². The lowest BCUT2D eigenvalue weighted by atomic mass is 10.2. The smallest absolute Gasteiger partial charge is 0.255 e. The highest BCUT2D eigenvalue weighted by Crippen LogP contribution is 2.25. The first-order chi connectivity index (χ1) is 13.3. The first-order valence-electron chi connectivity index (χ1n) is 8.74. The third-order valence-corrected chi connectivity index (χ3v) is 6.75. The number of carbonyl (C=O) groups is 1. The molecule has 0 spiro atoms. The average molecular weight is 443 g/mol. The van der Waals surface area contributed by atoms with Crippen LogP contribution < -0.4 is 10.0 Å². The van der Waals surface area contributed by atoms with Crippen LogP contribution in [-0.4, -0.2) is 33.6 Å². The maximum absolute atomic E-state index is 12.6. The summed E-state index contributed by atoms with van der Waals surface area (Å²) in [6, 6.07) is 9.24. The molecule has 1 saturated heterocycles. The van der Waals surface area contributed by atoms with E-state index in [2.05, 4.69) is 10.0 Å². The number of sulfonamides is 1. The van der Waals surface area contributed by atoms with E-state index in [0.717, 1.165) is 18.4 Å². The highest BCUT2D eigenvalue weighted by molar-refractivity contribution is 7.89. The number of hydrogen-bond donors (Lipinski definition) is 2. The van der Waals surface area contributed by atoms with E-state index in [0.29, 0.717) is 17.3 Å². The summed E-state index contributed by atoms with van der Waals surface area (Å²) in [5.41, 5.74) is 1.56. The second-order valence-corrected chi connectivity index (χ2v) is 9.10. The van der Waals surface area contributed by atoms with Crippen molar-refractivity contribution in [2.45, 2.75) is 30.8 Å². The number of anilines is 1. The summed E-state index contributed by atoms with van der Waals surface area (Å²) in [6.45, 7) is 2.65. The summed E-state index contributed by atoms with van der Waals surface area (Å²) in [6.07, 6.45) is 1.57. The molecule has 0 radical (unpaired) electrons. The van der Waals surface area contributed by atoms with Gasteiger partial charge in [0, 0.05) is 29.4 Å². The van der Waals surface area contributed by atoms with Crippen LogP contribution >= 0.6 is 23.2 Å². The SMILES string of the molecule is Cc1ccc(NC(=O)c2ccc(Cl)c(S(=O)(=O)NCC3CCCO3)c2)cc1Cl. The molecular formula is C19H20Cl2N2O4S. The Morgan fingerprint density at radius 1 is 1.18 bits per heavy atom. The summed E-state index contributed by atoms with van der Waals surface area (Å²) in [7, 11) is -3.88. The fraction of sp³-hybridized carbons (Fsp3) is 0.316. The van der Waals surface area contributed by atoms with E-state index in [-0.39, 0.29) is 28.1 Å². The van der Waals surface area contributed by atoms with Crippen LogP contribution in [0.1, 0.15) is 28.8 Å². The van der Waals surface area contributed by atoms with Crippen LogP contribution in [-0.2, 0) is 14.8 Å². The molecule has 28 heavy (non-hydrogen) atoms. The molecular weight excluding hydrogens is 423 g/mol. The number of ether oxygens (including phenoxy) is 1. The minimum atomic E-state index is -3.88. The molecule has 150 valence electrons. The second kappa shape index (κ2) is 8.80. The highest BCUT2D eigenvalue weighted by atomic mass is 35.5. The van der Waals surface area contributed by atoms with Gasteiger partial charge < -0.3 is 10.1 Å². The molecule has 1 heterocycles. The van der Waals surface area contributed by atoms with Crippen molar-refractivity contribution in [1.82, 2.24) is 4.72 Å².